The molecule has 1 aromatic heterocycles. The van der Waals surface area contributed by atoms with E-state index in [0.717, 1.165) is 48.2 Å². The molecule has 1 N–H and O–H groups in total. The van der Waals surface area contributed by atoms with E-state index in [0.29, 0.717) is 29.8 Å². The van der Waals surface area contributed by atoms with Crippen LogP contribution in [0.1, 0.15) is 123 Å². The van der Waals surface area contributed by atoms with E-state index in [2.05, 4.69) is 22.1 Å². The van der Waals surface area contributed by atoms with Gasteiger partial charge in [0, 0.05) is 28.2 Å². The molecule has 0 saturated heterocycles. The van der Waals surface area contributed by atoms with Crippen molar-refractivity contribution < 1.29 is 4.79 Å². The molecule has 198 valence electrons. The Kier molecular flexibility index (Phi) is 6.59. The minimum Gasteiger partial charge on any atom is -0.347 e. The predicted octanol–water partition coefficient (Wildman–Crippen LogP) is 7.65. The predicted molar refractivity (Wildman–Crippen MR) is 148 cm³/mol. The normalized spacial score (nSPS) is 33.2. The third-order valence-electron chi connectivity index (χ3n) is 10.7. The van der Waals surface area contributed by atoms with Gasteiger partial charge < -0.3 is 5.32 Å². The lowest BCUT2D eigenvalue weighted by molar-refractivity contribution is -0.0120. The maximum Gasteiger partial charge on any atom is 0.272 e. The number of rotatable bonds is 5. The number of halogens is 1. The van der Waals surface area contributed by atoms with Crippen molar-refractivity contribution in [3.05, 3.63) is 51.8 Å². The van der Waals surface area contributed by atoms with Crippen LogP contribution >= 0.6 is 11.6 Å². The number of fused-ring (bicyclic) bond motifs is 1. The maximum absolute atomic E-state index is 14.0. The molecule has 2 aromatic rings. The Hall–Kier alpha value is -1.81. The monoisotopic (exact) mass is 519 g/mol. The van der Waals surface area contributed by atoms with Gasteiger partial charge in [-0.1, -0.05) is 55.5 Å². The van der Waals surface area contributed by atoms with Gasteiger partial charge in [-0.25, -0.2) is 0 Å². The minimum absolute atomic E-state index is 0.113. The standard InChI is InChI=1S/C32H42ClN3O/c33-28-13-7-5-8-22(28)19-23-9-4-6-12-27-30(35-36(31(23)27)26-10-2-1-3-11-26)32(37)34-29-24-15-20-14-21(17-24)18-25(29)16-20/h5,7-8,13,20-21,23-26,29H,1-4,6,9-12,14-19H2,(H,34,37). The molecule has 0 radical (unpaired) electrons. The third-order valence-corrected chi connectivity index (χ3v) is 11.1. The van der Waals surface area contributed by atoms with Crippen molar-refractivity contribution >= 4 is 17.5 Å². The van der Waals surface area contributed by atoms with Gasteiger partial charge >= 0.3 is 0 Å². The Morgan fingerprint density at radius 1 is 0.919 bits per heavy atom. The van der Waals surface area contributed by atoms with Crippen molar-refractivity contribution in [3.8, 4) is 0 Å². The molecule has 0 spiro atoms. The molecule has 5 saturated carbocycles. The number of carbonyl (C=O) groups excluding carboxylic acids is 1. The second-order valence-electron chi connectivity index (χ2n) is 13.1. The first-order valence-electron chi connectivity index (χ1n) is 15.3. The molecule has 37 heavy (non-hydrogen) atoms. The van der Waals surface area contributed by atoms with Crippen LogP contribution in [0.3, 0.4) is 0 Å². The van der Waals surface area contributed by atoms with Crippen molar-refractivity contribution in [1.82, 2.24) is 15.1 Å². The number of nitrogens with one attached hydrogen (secondary N) is 1. The van der Waals surface area contributed by atoms with Crippen LogP contribution in [0.5, 0.6) is 0 Å². The van der Waals surface area contributed by atoms with Crippen molar-refractivity contribution in [2.75, 3.05) is 0 Å². The van der Waals surface area contributed by atoms with E-state index in [4.69, 9.17) is 16.7 Å². The van der Waals surface area contributed by atoms with Gasteiger partial charge in [0.15, 0.2) is 5.69 Å². The second kappa shape index (κ2) is 10.1. The molecule has 0 aliphatic heterocycles. The molecule has 1 aromatic carbocycles. The van der Waals surface area contributed by atoms with Crippen molar-refractivity contribution in [2.45, 2.75) is 114 Å². The molecular formula is C32H42ClN3O. The van der Waals surface area contributed by atoms with Gasteiger partial charge in [-0.05, 0) is 106 Å². The average molecular weight is 520 g/mol. The summed E-state index contributed by atoms with van der Waals surface area (Å²) in [6, 6.07) is 9.09. The maximum atomic E-state index is 14.0. The van der Waals surface area contributed by atoms with Crippen molar-refractivity contribution in [3.63, 3.8) is 0 Å². The number of amides is 1. The number of carbonyl (C=O) groups is 1. The largest absolute Gasteiger partial charge is 0.347 e. The highest BCUT2D eigenvalue weighted by molar-refractivity contribution is 6.31. The zero-order chi connectivity index (χ0) is 24.9. The van der Waals surface area contributed by atoms with Crippen molar-refractivity contribution in [1.29, 1.82) is 0 Å². The summed E-state index contributed by atoms with van der Waals surface area (Å²) >= 11 is 6.64. The SMILES string of the molecule is O=C(NC1C2CC3CC(C2)CC1C3)c1nn(C2CCCCC2)c2c1CCCCC2Cc1ccccc1Cl. The summed E-state index contributed by atoms with van der Waals surface area (Å²) in [5.41, 5.74) is 4.58. The number of hydrogen-bond donors (Lipinski definition) is 1. The molecular weight excluding hydrogens is 478 g/mol. The average Bonchev–Trinajstić information content (AvgIpc) is 3.17. The topological polar surface area (TPSA) is 46.9 Å². The second-order valence-corrected chi connectivity index (χ2v) is 13.5. The van der Waals surface area contributed by atoms with Crippen LogP contribution in [0.25, 0.3) is 0 Å². The molecule has 1 atom stereocenters. The first-order valence-corrected chi connectivity index (χ1v) is 15.7. The van der Waals surface area contributed by atoms with Crippen LogP contribution in [0.15, 0.2) is 24.3 Å². The molecule has 6 aliphatic carbocycles. The van der Waals surface area contributed by atoms with E-state index < -0.39 is 0 Å². The molecule has 4 nitrogen and oxygen atoms in total. The first-order chi connectivity index (χ1) is 18.1. The lowest BCUT2D eigenvalue weighted by atomic mass is 9.54. The number of nitrogens with zero attached hydrogens (tertiary/aromatic N) is 2. The van der Waals surface area contributed by atoms with Crippen LogP contribution in [-0.4, -0.2) is 21.7 Å². The smallest absolute Gasteiger partial charge is 0.272 e. The summed E-state index contributed by atoms with van der Waals surface area (Å²) in [7, 11) is 0. The van der Waals surface area contributed by atoms with E-state index in [1.807, 2.05) is 12.1 Å². The molecule has 5 fully saturated rings. The Labute approximate surface area is 226 Å². The van der Waals surface area contributed by atoms with Gasteiger partial charge in [0.25, 0.3) is 5.91 Å². The van der Waals surface area contributed by atoms with Crippen LogP contribution in [0.4, 0.5) is 0 Å². The molecule has 1 unspecified atom stereocenters. The van der Waals surface area contributed by atoms with Crippen LogP contribution < -0.4 is 5.32 Å². The van der Waals surface area contributed by atoms with E-state index in [1.54, 1.807) is 0 Å². The van der Waals surface area contributed by atoms with E-state index in [-0.39, 0.29) is 5.91 Å². The summed E-state index contributed by atoms with van der Waals surface area (Å²) < 4.78 is 2.35. The highest BCUT2D eigenvalue weighted by atomic mass is 35.5. The fourth-order valence-corrected chi connectivity index (χ4v) is 9.50. The molecule has 1 amide bonds. The highest BCUT2D eigenvalue weighted by Crippen LogP contribution is 2.53. The number of benzene rings is 1. The Morgan fingerprint density at radius 2 is 1.62 bits per heavy atom. The minimum atomic E-state index is 0.113. The molecule has 6 aliphatic rings. The zero-order valence-electron chi connectivity index (χ0n) is 22.1. The van der Waals surface area contributed by atoms with Crippen molar-refractivity contribution in [2.24, 2.45) is 23.7 Å². The van der Waals surface area contributed by atoms with Gasteiger partial charge in [0.1, 0.15) is 0 Å². The summed E-state index contributed by atoms with van der Waals surface area (Å²) in [5, 5.41) is 9.69. The van der Waals surface area contributed by atoms with E-state index >= 15 is 0 Å². The first kappa shape index (κ1) is 24.2. The number of hydrogen-bond acceptors (Lipinski definition) is 2. The quantitative estimate of drug-likeness (QED) is 0.412. The summed E-state index contributed by atoms with van der Waals surface area (Å²) in [6.07, 6.45) is 18.4. The lowest BCUT2D eigenvalue weighted by Gasteiger charge is -2.54. The Balaban J connectivity index is 1.23. The van der Waals surface area contributed by atoms with Crippen LogP contribution in [0, 0.1) is 23.7 Å². The summed E-state index contributed by atoms with van der Waals surface area (Å²) in [6.45, 7) is 0. The summed E-state index contributed by atoms with van der Waals surface area (Å²) in [4.78, 5) is 14.0. The molecule has 5 heteroatoms. The third kappa shape index (κ3) is 4.56. The lowest BCUT2D eigenvalue weighted by Crippen LogP contribution is -2.56. The molecule has 1 heterocycles. The van der Waals surface area contributed by atoms with Crippen LogP contribution in [-0.2, 0) is 12.8 Å². The summed E-state index contributed by atoms with van der Waals surface area (Å²) in [5.74, 6) is 3.70. The Morgan fingerprint density at radius 3 is 2.35 bits per heavy atom. The highest BCUT2D eigenvalue weighted by Gasteiger charge is 2.49. The number of aromatic nitrogens is 2. The molecule has 4 bridgehead atoms. The van der Waals surface area contributed by atoms with Gasteiger partial charge in [0.05, 0.1) is 6.04 Å². The zero-order valence-corrected chi connectivity index (χ0v) is 22.9. The Bertz CT molecular complexity index is 1120. The van der Waals surface area contributed by atoms with Gasteiger partial charge in [0.2, 0.25) is 0 Å². The fourth-order valence-electron chi connectivity index (χ4n) is 9.29. The fraction of sp³-hybridized carbons (Fsp3) is 0.688. The van der Waals surface area contributed by atoms with Gasteiger partial charge in [-0.2, -0.15) is 5.10 Å². The van der Waals surface area contributed by atoms with Crippen LogP contribution in [0.2, 0.25) is 5.02 Å². The molecule has 8 rings (SSSR count). The van der Waals surface area contributed by atoms with Gasteiger partial charge in [-0.3, -0.25) is 9.48 Å². The van der Waals surface area contributed by atoms with E-state index in [9.17, 15) is 4.79 Å². The van der Waals surface area contributed by atoms with Gasteiger partial charge in [-0.15, -0.1) is 0 Å². The van der Waals surface area contributed by atoms with E-state index in [1.165, 1.54) is 87.4 Å².